The number of nitrogens with zero attached hydrogens (tertiary/aromatic N) is 2. The second-order valence-corrected chi connectivity index (χ2v) is 3.85. The molecule has 86 valence electrons. The number of hydrogen-bond acceptors (Lipinski definition) is 4. The summed E-state index contributed by atoms with van der Waals surface area (Å²) in [6, 6.07) is 4.02. The minimum absolute atomic E-state index is 0.467. The van der Waals surface area contributed by atoms with Crippen molar-refractivity contribution in [3.8, 4) is 0 Å². The Balaban J connectivity index is 0.000000921. The predicted octanol–water partition coefficient (Wildman–Crippen LogP) is 1.76. The van der Waals surface area contributed by atoms with Gasteiger partial charge in [0.05, 0.1) is 4.88 Å². The van der Waals surface area contributed by atoms with Gasteiger partial charge in [0.1, 0.15) is 0 Å². The van der Waals surface area contributed by atoms with Gasteiger partial charge in [-0.3, -0.25) is 0 Å². The van der Waals surface area contributed by atoms with E-state index in [4.69, 9.17) is 11.6 Å². The highest BCUT2D eigenvalue weighted by molar-refractivity contribution is 7.14. The van der Waals surface area contributed by atoms with Crippen LogP contribution in [0.2, 0.25) is 0 Å². The quantitative estimate of drug-likeness (QED) is 0.358. The van der Waals surface area contributed by atoms with Gasteiger partial charge in [-0.25, -0.2) is 11.0 Å². The van der Waals surface area contributed by atoms with E-state index in [1.165, 1.54) is 10.00 Å². The minimum Gasteiger partial charge on any atom is -0.381 e. The first kappa shape index (κ1) is 13.9. The lowest BCUT2D eigenvalue weighted by Gasteiger charge is -2.04. The molecule has 0 aromatic carbocycles. The summed E-state index contributed by atoms with van der Waals surface area (Å²) in [5.74, 6) is 5.81. The number of hydrazine groups is 1. The summed E-state index contributed by atoms with van der Waals surface area (Å²) in [4.78, 5) is 2.27. The van der Waals surface area contributed by atoms with E-state index in [0.717, 1.165) is 11.3 Å². The van der Waals surface area contributed by atoms with Crippen molar-refractivity contribution >= 4 is 17.2 Å². The maximum absolute atomic E-state index is 5.70. The van der Waals surface area contributed by atoms with Gasteiger partial charge < -0.3 is 5.73 Å². The van der Waals surface area contributed by atoms with Crippen LogP contribution in [-0.4, -0.2) is 18.0 Å². The first-order valence-corrected chi connectivity index (χ1v) is 5.86. The maximum Gasteiger partial charge on any atom is 0.162 e. The third-order valence-corrected chi connectivity index (χ3v) is 2.78. The molecule has 0 saturated carbocycles. The van der Waals surface area contributed by atoms with Crippen LogP contribution in [-0.2, 0) is 6.42 Å². The molecule has 4 nitrogen and oxygen atoms in total. The summed E-state index contributed by atoms with van der Waals surface area (Å²) in [5, 5.41) is 5.12. The standard InChI is InChI=1S/C8H14N4S.C2H6/c1-3-6-4-5-7(13-6)8(9)11-12(2)10;1-2/h4-5H,3,10H2,1-2H3,(H2,9,11);1-2H3. The highest BCUT2D eigenvalue weighted by atomic mass is 32.1. The van der Waals surface area contributed by atoms with Gasteiger partial charge in [-0.05, 0) is 18.6 Å². The third kappa shape index (κ3) is 4.80. The molecule has 1 aromatic rings. The van der Waals surface area contributed by atoms with Crippen LogP contribution >= 0.6 is 11.3 Å². The molecular weight excluding hydrogens is 208 g/mol. The van der Waals surface area contributed by atoms with E-state index in [1.807, 2.05) is 19.9 Å². The molecule has 15 heavy (non-hydrogen) atoms. The predicted molar refractivity (Wildman–Crippen MR) is 67.7 cm³/mol. The van der Waals surface area contributed by atoms with Crippen LogP contribution < -0.4 is 11.6 Å². The Labute approximate surface area is 95.5 Å². The van der Waals surface area contributed by atoms with Crippen molar-refractivity contribution < 1.29 is 0 Å². The fourth-order valence-electron chi connectivity index (χ4n) is 0.925. The van der Waals surface area contributed by atoms with Gasteiger partial charge in [0.25, 0.3) is 0 Å². The monoisotopic (exact) mass is 228 g/mol. The molecule has 0 aliphatic heterocycles. The molecule has 0 fully saturated rings. The normalized spacial score (nSPS) is 10.6. The Kier molecular flexibility index (Phi) is 6.73. The molecule has 0 amide bonds. The highest BCUT2D eigenvalue weighted by Gasteiger charge is 2.02. The molecule has 1 aromatic heterocycles. The molecule has 4 N–H and O–H groups in total. The molecule has 0 bridgehead atoms. The fourth-order valence-corrected chi connectivity index (χ4v) is 1.77. The molecule has 0 atom stereocenters. The second kappa shape index (κ2) is 7.25. The zero-order valence-corrected chi connectivity index (χ0v) is 10.6. The number of hydrazone groups is 1. The van der Waals surface area contributed by atoms with Gasteiger partial charge in [-0.15, -0.1) is 16.4 Å². The van der Waals surface area contributed by atoms with Crippen molar-refractivity contribution in [2.45, 2.75) is 27.2 Å². The highest BCUT2D eigenvalue weighted by Crippen LogP contribution is 2.16. The van der Waals surface area contributed by atoms with Crippen LogP contribution in [0.15, 0.2) is 17.2 Å². The summed E-state index contributed by atoms with van der Waals surface area (Å²) >= 11 is 1.64. The van der Waals surface area contributed by atoms with E-state index in [9.17, 15) is 0 Å². The summed E-state index contributed by atoms with van der Waals surface area (Å²) < 4.78 is 0. The number of nitrogens with two attached hydrogens (primary N) is 2. The van der Waals surface area contributed by atoms with Crippen LogP contribution in [0.25, 0.3) is 0 Å². The molecular formula is C10H20N4S. The average Bonchev–Trinajstić information content (AvgIpc) is 2.68. The molecule has 5 heteroatoms. The first-order chi connectivity index (χ1) is 7.13. The molecule has 1 heterocycles. The van der Waals surface area contributed by atoms with Crippen LogP contribution in [0.3, 0.4) is 0 Å². The zero-order chi connectivity index (χ0) is 11.8. The Morgan fingerprint density at radius 3 is 2.47 bits per heavy atom. The minimum atomic E-state index is 0.467. The summed E-state index contributed by atoms with van der Waals surface area (Å²) in [7, 11) is 1.64. The molecule has 1 rings (SSSR count). The Morgan fingerprint density at radius 2 is 2.07 bits per heavy atom. The molecule has 0 aliphatic carbocycles. The van der Waals surface area contributed by atoms with E-state index in [2.05, 4.69) is 18.1 Å². The number of aryl methyl sites for hydroxylation is 1. The lowest BCUT2D eigenvalue weighted by molar-refractivity contribution is 0.372. The largest absolute Gasteiger partial charge is 0.381 e. The van der Waals surface area contributed by atoms with Crippen molar-refractivity contribution in [1.29, 1.82) is 0 Å². The Bertz CT molecular complexity index is 304. The van der Waals surface area contributed by atoms with Crippen LogP contribution in [0.4, 0.5) is 0 Å². The first-order valence-electron chi connectivity index (χ1n) is 5.05. The van der Waals surface area contributed by atoms with Crippen molar-refractivity contribution in [3.63, 3.8) is 0 Å². The van der Waals surface area contributed by atoms with Crippen molar-refractivity contribution in [2.75, 3.05) is 7.05 Å². The second-order valence-electron chi connectivity index (χ2n) is 2.68. The van der Waals surface area contributed by atoms with Crippen molar-refractivity contribution in [2.24, 2.45) is 16.7 Å². The summed E-state index contributed by atoms with van der Waals surface area (Å²) in [6.07, 6.45) is 1.02. The topological polar surface area (TPSA) is 67.6 Å². The summed E-state index contributed by atoms with van der Waals surface area (Å²) in [6.45, 7) is 6.11. The van der Waals surface area contributed by atoms with Crippen LogP contribution in [0, 0.1) is 0 Å². The molecule has 0 unspecified atom stereocenters. The van der Waals surface area contributed by atoms with E-state index >= 15 is 0 Å². The van der Waals surface area contributed by atoms with Gasteiger partial charge in [0.15, 0.2) is 5.84 Å². The number of rotatable bonds is 3. The molecule has 0 aliphatic rings. The van der Waals surface area contributed by atoms with Gasteiger partial charge in [0.2, 0.25) is 0 Å². The molecule has 0 spiro atoms. The van der Waals surface area contributed by atoms with Crippen molar-refractivity contribution in [3.05, 3.63) is 21.9 Å². The van der Waals surface area contributed by atoms with Crippen LogP contribution in [0.5, 0.6) is 0 Å². The molecule has 0 saturated heterocycles. The van der Waals surface area contributed by atoms with Gasteiger partial charge in [-0.2, -0.15) is 0 Å². The lowest BCUT2D eigenvalue weighted by atomic mass is 10.3. The van der Waals surface area contributed by atoms with E-state index in [0.29, 0.717) is 5.84 Å². The third-order valence-electron chi connectivity index (χ3n) is 1.53. The lowest BCUT2D eigenvalue weighted by Crippen LogP contribution is -2.25. The van der Waals surface area contributed by atoms with Gasteiger partial charge in [-0.1, -0.05) is 20.8 Å². The van der Waals surface area contributed by atoms with Crippen molar-refractivity contribution in [1.82, 2.24) is 5.12 Å². The van der Waals surface area contributed by atoms with E-state index in [-0.39, 0.29) is 0 Å². The SMILES string of the molecule is CC.CCc1ccc(/C(N)=N/N(C)N)s1. The Hall–Kier alpha value is -1.07. The smallest absolute Gasteiger partial charge is 0.162 e. The number of hydrogen-bond donors (Lipinski definition) is 2. The average molecular weight is 228 g/mol. The van der Waals surface area contributed by atoms with E-state index < -0.39 is 0 Å². The van der Waals surface area contributed by atoms with Gasteiger partial charge >= 0.3 is 0 Å². The maximum atomic E-state index is 5.70. The van der Waals surface area contributed by atoms with Gasteiger partial charge in [0, 0.05) is 11.9 Å². The number of amidine groups is 1. The zero-order valence-electron chi connectivity index (χ0n) is 9.82. The summed E-state index contributed by atoms with van der Waals surface area (Å²) in [5.41, 5.74) is 5.70. The molecule has 0 radical (unpaired) electrons. The number of thiophene rings is 1. The Morgan fingerprint density at radius 1 is 1.47 bits per heavy atom. The van der Waals surface area contributed by atoms with E-state index in [1.54, 1.807) is 18.4 Å². The van der Waals surface area contributed by atoms with Crippen LogP contribution in [0.1, 0.15) is 30.5 Å². The fraction of sp³-hybridized carbons (Fsp3) is 0.500.